The van der Waals surface area contributed by atoms with Gasteiger partial charge in [-0.05, 0) is 81.1 Å². The molecule has 2 saturated heterocycles. The van der Waals surface area contributed by atoms with E-state index >= 15 is 0 Å². The molecule has 4 aromatic rings. The fraction of sp³-hybridized carbons (Fsp3) is 0.512. The number of anilines is 1. The van der Waals surface area contributed by atoms with Crippen LogP contribution in [-0.4, -0.2) is 76.8 Å². The van der Waals surface area contributed by atoms with E-state index in [9.17, 15) is 9.90 Å². The van der Waals surface area contributed by atoms with E-state index in [1.807, 2.05) is 36.5 Å². The van der Waals surface area contributed by atoms with Gasteiger partial charge >= 0.3 is 13.2 Å². The second kappa shape index (κ2) is 14.3. The number of fused-ring (bicyclic) bond motifs is 1. The number of nitrogens with zero attached hydrogens (tertiary/aromatic N) is 4. The van der Waals surface area contributed by atoms with Gasteiger partial charge in [-0.2, -0.15) is 0 Å². The topological polar surface area (TPSA) is 89.3 Å². The van der Waals surface area contributed by atoms with Gasteiger partial charge in [0.05, 0.1) is 34.5 Å². The molecule has 9 nitrogen and oxygen atoms in total. The molecule has 2 aromatic carbocycles. The fourth-order valence-electron chi connectivity index (χ4n) is 7.16. The molecule has 0 atom stereocenters. The zero-order chi connectivity index (χ0) is 36.7. The molecule has 6 rings (SSSR count). The summed E-state index contributed by atoms with van der Waals surface area (Å²) in [5, 5.41) is 11.6. The van der Waals surface area contributed by atoms with Crippen LogP contribution in [0.3, 0.4) is 0 Å². The number of amides is 1. The summed E-state index contributed by atoms with van der Waals surface area (Å²) in [6.45, 7) is 22.7. The lowest BCUT2D eigenvalue weighted by atomic mass is 9.77. The zero-order valence-corrected chi connectivity index (χ0v) is 32.0. The first kappa shape index (κ1) is 36.9. The molecule has 0 spiro atoms. The van der Waals surface area contributed by atoms with E-state index < -0.39 is 18.3 Å². The van der Waals surface area contributed by atoms with Crippen molar-refractivity contribution < 1.29 is 23.9 Å². The average Bonchev–Trinajstić information content (AvgIpc) is 3.53. The summed E-state index contributed by atoms with van der Waals surface area (Å²) in [7, 11) is -0.475. The van der Waals surface area contributed by atoms with Gasteiger partial charge in [0.25, 0.3) is 0 Å². The lowest BCUT2D eigenvalue weighted by molar-refractivity contribution is 0.00578. The maximum Gasteiger partial charge on any atom is 0.494 e. The molecule has 0 aliphatic carbocycles. The van der Waals surface area contributed by atoms with E-state index in [2.05, 4.69) is 96.0 Å². The maximum absolute atomic E-state index is 12.9. The summed E-state index contributed by atoms with van der Waals surface area (Å²) < 4.78 is 21.0. The molecule has 2 aliphatic heterocycles. The molecule has 0 radical (unpaired) electrons. The Morgan fingerprint density at radius 2 is 1.67 bits per heavy atom. The number of hydrogen-bond donors (Lipinski definition) is 1. The molecule has 2 aromatic heterocycles. The van der Waals surface area contributed by atoms with Crippen LogP contribution in [0.15, 0.2) is 60.8 Å². The molecule has 0 saturated carbocycles. The van der Waals surface area contributed by atoms with Gasteiger partial charge in [-0.25, -0.2) is 4.79 Å². The maximum atomic E-state index is 12.9. The molecule has 1 N–H and O–H groups in total. The molecule has 2 fully saturated rings. The molecule has 1 amide bonds. The van der Waals surface area contributed by atoms with Crippen LogP contribution in [-0.2, 0) is 33.6 Å². The Morgan fingerprint density at radius 1 is 1.00 bits per heavy atom. The number of benzene rings is 2. The van der Waals surface area contributed by atoms with E-state index in [1.54, 1.807) is 4.90 Å². The quantitative estimate of drug-likeness (QED) is 0.176. The van der Waals surface area contributed by atoms with Crippen LogP contribution in [0.1, 0.15) is 85.1 Å². The van der Waals surface area contributed by atoms with Gasteiger partial charge in [0.1, 0.15) is 6.61 Å². The van der Waals surface area contributed by atoms with Crippen LogP contribution in [0.2, 0.25) is 0 Å². The highest BCUT2D eigenvalue weighted by molar-refractivity contribution is 6.62. The lowest BCUT2D eigenvalue weighted by Gasteiger charge is -2.35. The smallest absolute Gasteiger partial charge is 0.445 e. The summed E-state index contributed by atoms with van der Waals surface area (Å²) in [5.41, 5.74) is 7.36. The highest BCUT2D eigenvalue weighted by Gasteiger charge is 2.51. The Hall–Kier alpha value is -3.86. The molecular formula is C41H55BN4O5. The third-order valence-corrected chi connectivity index (χ3v) is 10.9. The van der Waals surface area contributed by atoms with Crippen LogP contribution in [0.5, 0.6) is 0 Å². The summed E-state index contributed by atoms with van der Waals surface area (Å²) in [6, 6.07) is 18.6. The molecule has 272 valence electrons. The van der Waals surface area contributed by atoms with Crippen molar-refractivity contribution in [3.8, 4) is 11.3 Å². The van der Waals surface area contributed by atoms with Crippen LogP contribution in [0.4, 0.5) is 10.5 Å². The van der Waals surface area contributed by atoms with E-state index in [-0.39, 0.29) is 30.6 Å². The van der Waals surface area contributed by atoms with Crippen molar-refractivity contribution in [3.63, 3.8) is 0 Å². The highest BCUT2D eigenvalue weighted by atomic mass is 16.7. The second-order valence-corrected chi connectivity index (χ2v) is 16.2. The van der Waals surface area contributed by atoms with Crippen molar-refractivity contribution in [3.05, 3.63) is 77.6 Å². The van der Waals surface area contributed by atoms with E-state index in [4.69, 9.17) is 19.0 Å². The number of carbonyl (C=O) groups is 1. The summed E-state index contributed by atoms with van der Waals surface area (Å²) in [4.78, 5) is 22.1. The third kappa shape index (κ3) is 7.41. The van der Waals surface area contributed by atoms with E-state index in [1.165, 1.54) is 5.56 Å². The van der Waals surface area contributed by atoms with Crippen molar-refractivity contribution in [1.82, 2.24) is 14.5 Å². The first-order valence-electron chi connectivity index (χ1n) is 18.5. The molecule has 51 heavy (non-hydrogen) atoms. The van der Waals surface area contributed by atoms with E-state index in [0.29, 0.717) is 32.6 Å². The molecule has 0 unspecified atom stereocenters. The highest BCUT2D eigenvalue weighted by Crippen LogP contribution is 2.42. The van der Waals surface area contributed by atoms with Crippen molar-refractivity contribution in [2.45, 2.75) is 99.0 Å². The molecular weight excluding hydrogens is 639 g/mol. The van der Waals surface area contributed by atoms with Crippen LogP contribution in [0, 0.1) is 5.41 Å². The third-order valence-electron chi connectivity index (χ3n) is 10.9. The number of aryl methyl sites for hydroxylation is 1. The number of piperazine rings is 1. The number of hydrogen-bond acceptors (Lipinski definition) is 7. The SMILES string of the molecule is CCn1c(-c2cc(N3CCN(C(=O)OCc4ccccc4)CC3)cnc2C(C)C)c(CC(C)(C)CO)c2cc(B3OC(C)(C)C(C)(C)O3)ccc21. The number of pyridine rings is 1. The minimum Gasteiger partial charge on any atom is -0.445 e. The van der Waals surface area contributed by atoms with Gasteiger partial charge in [-0.1, -0.05) is 70.2 Å². The molecule has 2 aliphatic rings. The van der Waals surface area contributed by atoms with Gasteiger partial charge in [0.15, 0.2) is 0 Å². The Bertz CT molecular complexity index is 1840. The van der Waals surface area contributed by atoms with Crippen LogP contribution < -0.4 is 10.4 Å². The Balaban J connectivity index is 1.36. The summed E-state index contributed by atoms with van der Waals surface area (Å²) in [5.74, 6) is 0.188. The summed E-state index contributed by atoms with van der Waals surface area (Å²) >= 11 is 0. The number of rotatable bonds is 10. The Morgan fingerprint density at radius 3 is 2.27 bits per heavy atom. The summed E-state index contributed by atoms with van der Waals surface area (Å²) in [6.07, 6.45) is 2.38. The number of aliphatic hydroxyl groups is 1. The van der Waals surface area contributed by atoms with Crippen LogP contribution >= 0.6 is 0 Å². The standard InChI is InChI=1S/C41H55BN4O5/c1-10-46-35-17-16-30(42-50-40(6,7)41(8,9)51-42)22-32(35)34(24-39(4,5)27-47)37(46)33-23-31(25-43-36(33)28(2)3)44-18-20-45(21-19-44)38(48)49-26-29-14-12-11-13-15-29/h11-17,22-23,25,28,47H,10,18-21,24,26-27H2,1-9H3. The minimum atomic E-state index is -0.475. The van der Waals surface area contributed by atoms with Gasteiger partial charge in [0, 0.05) is 55.8 Å². The number of carbonyl (C=O) groups excluding carboxylic acids is 1. The normalized spacial score (nSPS) is 17.5. The van der Waals surface area contributed by atoms with Crippen LogP contribution in [0.25, 0.3) is 22.2 Å². The van der Waals surface area contributed by atoms with Gasteiger partial charge in [0.2, 0.25) is 0 Å². The predicted octanol–water partition coefficient (Wildman–Crippen LogP) is 7.17. The lowest BCUT2D eigenvalue weighted by Crippen LogP contribution is -2.49. The molecule has 10 heteroatoms. The predicted molar refractivity (Wildman–Crippen MR) is 206 cm³/mol. The number of aliphatic hydroxyl groups excluding tert-OH is 1. The van der Waals surface area contributed by atoms with Gasteiger partial charge in [-0.3, -0.25) is 4.98 Å². The van der Waals surface area contributed by atoms with Crippen molar-refractivity contribution in [2.75, 3.05) is 37.7 Å². The van der Waals surface area contributed by atoms with Gasteiger partial charge in [-0.15, -0.1) is 0 Å². The number of ether oxygens (including phenoxy) is 1. The Labute approximate surface area is 304 Å². The van der Waals surface area contributed by atoms with E-state index in [0.717, 1.165) is 51.1 Å². The first-order chi connectivity index (χ1) is 24.1. The molecule has 0 bridgehead atoms. The van der Waals surface area contributed by atoms with Gasteiger partial charge < -0.3 is 33.5 Å². The monoisotopic (exact) mass is 694 g/mol. The average molecular weight is 695 g/mol. The number of aromatic nitrogens is 2. The first-order valence-corrected chi connectivity index (χ1v) is 18.5. The minimum absolute atomic E-state index is 0.0650. The zero-order valence-electron chi connectivity index (χ0n) is 32.0. The van der Waals surface area contributed by atoms with Crippen molar-refractivity contribution in [2.24, 2.45) is 5.41 Å². The fourth-order valence-corrected chi connectivity index (χ4v) is 7.16. The van der Waals surface area contributed by atoms with Crippen molar-refractivity contribution in [1.29, 1.82) is 0 Å². The largest absolute Gasteiger partial charge is 0.494 e. The molecule has 4 heterocycles. The second-order valence-electron chi connectivity index (χ2n) is 16.2. The van der Waals surface area contributed by atoms with Crippen molar-refractivity contribution >= 4 is 35.3 Å². The Kier molecular flexibility index (Phi) is 10.3.